The van der Waals surface area contributed by atoms with Gasteiger partial charge in [0.05, 0.1) is 10.6 Å². The number of rotatable bonds is 5. The molecule has 1 aromatic heterocycles. The van der Waals surface area contributed by atoms with E-state index in [1.807, 2.05) is 55.1 Å². The van der Waals surface area contributed by atoms with Crippen molar-refractivity contribution >= 4 is 17.5 Å². The fourth-order valence-electron chi connectivity index (χ4n) is 3.99. The summed E-state index contributed by atoms with van der Waals surface area (Å²) in [7, 11) is 0. The van der Waals surface area contributed by atoms with Gasteiger partial charge in [0.1, 0.15) is 6.54 Å². The molecule has 3 aromatic rings. The third kappa shape index (κ3) is 4.57. The molecule has 2 aromatic carbocycles. The van der Waals surface area contributed by atoms with Crippen molar-refractivity contribution in [2.24, 2.45) is 0 Å². The Balaban J connectivity index is 1.60. The monoisotopic (exact) mass is 423 g/mol. The van der Waals surface area contributed by atoms with E-state index in [4.69, 9.17) is 16.1 Å². The minimum absolute atomic E-state index is 0.0815. The summed E-state index contributed by atoms with van der Waals surface area (Å²) in [4.78, 5) is 19.9. The molecule has 4 rings (SSSR count). The fourth-order valence-corrected chi connectivity index (χ4v) is 4.31. The van der Waals surface area contributed by atoms with Gasteiger partial charge in [-0.3, -0.25) is 4.79 Å². The molecular weight excluding hydrogens is 398 g/mol. The van der Waals surface area contributed by atoms with Gasteiger partial charge < -0.3 is 9.42 Å². The number of benzene rings is 2. The third-order valence-corrected chi connectivity index (χ3v) is 6.03. The van der Waals surface area contributed by atoms with E-state index in [9.17, 15) is 4.79 Å². The van der Waals surface area contributed by atoms with E-state index >= 15 is 0 Å². The Hall–Kier alpha value is -2.66. The standard InChI is InChI=1S/C24H26ClN3O2/c1-16-8-11-18(12-9-16)23-26-22(30-27-23)15-28(19-6-4-3-5-7-19)24(29)20-13-10-17(2)14-21(20)25/h8-14,19H,3-7,15H2,1-2H3. The normalized spacial score (nSPS) is 14.6. The highest BCUT2D eigenvalue weighted by Gasteiger charge is 2.29. The van der Waals surface area contributed by atoms with Crippen LogP contribution in [0.15, 0.2) is 47.0 Å². The van der Waals surface area contributed by atoms with Gasteiger partial charge >= 0.3 is 0 Å². The predicted octanol–water partition coefficient (Wildman–Crippen LogP) is 5.98. The van der Waals surface area contributed by atoms with E-state index in [0.29, 0.717) is 22.3 Å². The Morgan fingerprint density at radius 3 is 2.47 bits per heavy atom. The fraction of sp³-hybridized carbons (Fsp3) is 0.375. The number of halogens is 1. The Bertz CT molecular complexity index is 1020. The molecule has 0 unspecified atom stereocenters. The molecule has 1 heterocycles. The number of hydrogen-bond donors (Lipinski definition) is 0. The van der Waals surface area contributed by atoms with Crippen LogP contribution in [0.4, 0.5) is 0 Å². The van der Waals surface area contributed by atoms with Gasteiger partial charge in [-0.25, -0.2) is 0 Å². The van der Waals surface area contributed by atoms with Crippen molar-refractivity contribution in [1.82, 2.24) is 15.0 Å². The van der Waals surface area contributed by atoms with Gasteiger partial charge in [0.15, 0.2) is 0 Å². The molecule has 0 atom stereocenters. The van der Waals surface area contributed by atoms with Gasteiger partial charge in [-0.2, -0.15) is 4.98 Å². The lowest BCUT2D eigenvalue weighted by atomic mass is 9.93. The maximum absolute atomic E-state index is 13.4. The Labute approximate surface area is 182 Å². The molecule has 0 aliphatic heterocycles. The summed E-state index contributed by atoms with van der Waals surface area (Å²) in [5.41, 5.74) is 3.62. The lowest BCUT2D eigenvalue weighted by molar-refractivity contribution is 0.0586. The molecule has 5 nitrogen and oxygen atoms in total. The highest BCUT2D eigenvalue weighted by molar-refractivity contribution is 6.33. The molecule has 1 fully saturated rings. The van der Waals surface area contributed by atoms with Crippen LogP contribution in [0.5, 0.6) is 0 Å². The zero-order valence-corrected chi connectivity index (χ0v) is 18.2. The molecule has 156 valence electrons. The molecule has 1 aliphatic rings. The van der Waals surface area contributed by atoms with Crippen LogP contribution in [-0.4, -0.2) is 27.0 Å². The van der Waals surface area contributed by atoms with Crippen LogP contribution in [-0.2, 0) is 6.54 Å². The number of hydrogen-bond acceptors (Lipinski definition) is 4. The highest BCUT2D eigenvalue weighted by atomic mass is 35.5. The van der Waals surface area contributed by atoms with Crippen LogP contribution in [0.3, 0.4) is 0 Å². The maximum atomic E-state index is 13.4. The molecule has 1 amide bonds. The first-order chi connectivity index (χ1) is 14.5. The number of carbonyl (C=O) groups is 1. The zero-order chi connectivity index (χ0) is 21.1. The zero-order valence-electron chi connectivity index (χ0n) is 17.4. The molecule has 0 N–H and O–H groups in total. The second-order valence-corrected chi connectivity index (χ2v) is 8.49. The first-order valence-electron chi connectivity index (χ1n) is 10.5. The van der Waals surface area contributed by atoms with Crippen molar-refractivity contribution in [3.63, 3.8) is 0 Å². The lowest BCUT2D eigenvalue weighted by Gasteiger charge is -2.33. The Morgan fingerprint density at radius 1 is 1.07 bits per heavy atom. The summed E-state index contributed by atoms with van der Waals surface area (Å²) < 4.78 is 5.52. The summed E-state index contributed by atoms with van der Waals surface area (Å²) in [5.74, 6) is 0.893. The minimum atomic E-state index is -0.0815. The molecule has 0 radical (unpaired) electrons. The number of aryl methyl sites for hydroxylation is 2. The molecule has 30 heavy (non-hydrogen) atoms. The van der Waals surface area contributed by atoms with Crippen molar-refractivity contribution in [1.29, 1.82) is 0 Å². The van der Waals surface area contributed by atoms with Crippen LogP contribution in [0, 0.1) is 13.8 Å². The first-order valence-corrected chi connectivity index (χ1v) is 10.9. The second kappa shape index (κ2) is 9.00. The van der Waals surface area contributed by atoms with Gasteiger partial charge in [-0.15, -0.1) is 0 Å². The Morgan fingerprint density at radius 2 is 1.77 bits per heavy atom. The maximum Gasteiger partial charge on any atom is 0.256 e. The van der Waals surface area contributed by atoms with Crippen molar-refractivity contribution in [3.05, 3.63) is 70.1 Å². The van der Waals surface area contributed by atoms with Crippen molar-refractivity contribution in [2.75, 3.05) is 0 Å². The van der Waals surface area contributed by atoms with E-state index in [2.05, 4.69) is 10.1 Å². The summed E-state index contributed by atoms with van der Waals surface area (Å²) >= 11 is 6.41. The van der Waals surface area contributed by atoms with E-state index in [-0.39, 0.29) is 18.5 Å². The summed E-state index contributed by atoms with van der Waals surface area (Å²) in [6.45, 7) is 4.28. The van der Waals surface area contributed by atoms with Crippen LogP contribution < -0.4 is 0 Å². The summed E-state index contributed by atoms with van der Waals surface area (Å²) in [6, 6.07) is 13.7. The van der Waals surface area contributed by atoms with Crippen LogP contribution in [0.2, 0.25) is 5.02 Å². The number of nitrogens with zero attached hydrogens (tertiary/aromatic N) is 3. The van der Waals surface area contributed by atoms with Gasteiger partial charge in [0.2, 0.25) is 11.7 Å². The number of amides is 1. The topological polar surface area (TPSA) is 59.2 Å². The quantitative estimate of drug-likeness (QED) is 0.506. The summed E-state index contributed by atoms with van der Waals surface area (Å²) in [5, 5.41) is 4.60. The van der Waals surface area contributed by atoms with Gasteiger partial charge in [0.25, 0.3) is 5.91 Å². The molecule has 1 aliphatic carbocycles. The molecular formula is C24H26ClN3O2. The summed E-state index contributed by atoms with van der Waals surface area (Å²) in [6.07, 6.45) is 5.41. The number of aromatic nitrogens is 2. The predicted molar refractivity (Wildman–Crippen MR) is 117 cm³/mol. The van der Waals surface area contributed by atoms with Crippen molar-refractivity contribution in [3.8, 4) is 11.4 Å². The van der Waals surface area contributed by atoms with Crippen LogP contribution in [0.1, 0.15) is 59.5 Å². The van der Waals surface area contributed by atoms with Crippen molar-refractivity contribution in [2.45, 2.75) is 58.5 Å². The molecule has 0 saturated heterocycles. The van der Waals surface area contributed by atoms with Gasteiger partial charge in [-0.1, -0.05) is 71.9 Å². The average molecular weight is 424 g/mol. The largest absolute Gasteiger partial charge is 0.337 e. The van der Waals surface area contributed by atoms with E-state index < -0.39 is 0 Å². The SMILES string of the molecule is Cc1ccc(-c2noc(CN(C(=O)c3ccc(C)cc3Cl)C3CCCCC3)n2)cc1. The molecule has 0 bridgehead atoms. The third-order valence-electron chi connectivity index (χ3n) is 5.71. The average Bonchev–Trinajstić information content (AvgIpc) is 3.21. The van der Waals surface area contributed by atoms with Gasteiger partial charge in [-0.05, 0) is 44.4 Å². The smallest absolute Gasteiger partial charge is 0.256 e. The second-order valence-electron chi connectivity index (χ2n) is 8.09. The van der Waals surface area contributed by atoms with Crippen molar-refractivity contribution < 1.29 is 9.32 Å². The first kappa shape index (κ1) is 20.6. The lowest BCUT2D eigenvalue weighted by Crippen LogP contribution is -2.41. The molecule has 1 saturated carbocycles. The van der Waals surface area contributed by atoms with Crippen LogP contribution in [0.25, 0.3) is 11.4 Å². The van der Waals surface area contributed by atoms with Gasteiger partial charge in [0, 0.05) is 11.6 Å². The van der Waals surface area contributed by atoms with Crippen LogP contribution >= 0.6 is 11.6 Å². The number of carbonyl (C=O) groups excluding carboxylic acids is 1. The Kier molecular flexibility index (Phi) is 6.18. The van der Waals surface area contributed by atoms with E-state index in [1.54, 1.807) is 6.07 Å². The highest BCUT2D eigenvalue weighted by Crippen LogP contribution is 2.28. The van der Waals surface area contributed by atoms with E-state index in [1.165, 1.54) is 12.0 Å². The molecule has 6 heteroatoms. The minimum Gasteiger partial charge on any atom is -0.337 e. The molecule has 0 spiro atoms. The van der Waals surface area contributed by atoms with E-state index in [0.717, 1.165) is 36.8 Å².